The van der Waals surface area contributed by atoms with Gasteiger partial charge < -0.3 is 19.8 Å². The lowest BCUT2D eigenvalue weighted by Gasteiger charge is -2.21. The van der Waals surface area contributed by atoms with E-state index in [2.05, 4.69) is 0 Å². The van der Waals surface area contributed by atoms with Crippen LogP contribution in [0.4, 0.5) is 8.78 Å². The summed E-state index contributed by atoms with van der Waals surface area (Å²) in [5, 5.41) is 0. The Labute approximate surface area is 116 Å². The molecule has 0 spiro atoms. The lowest BCUT2D eigenvalue weighted by Crippen LogP contribution is -2.37. The van der Waals surface area contributed by atoms with Gasteiger partial charge in [0.15, 0.2) is 0 Å². The molecule has 0 bridgehead atoms. The number of nitrogens with two attached hydrogens (primary N) is 1. The van der Waals surface area contributed by atoms with Gasteiger partial charge in [-0.3, -0.25) is 4.79 Å². The maximum Gasteiger partial charge on any atom is 0.257 e. The van der Waals surface area contributed by atoms with Gasteiger partial charge in [-0.25, -0.2) is 8.78 Å². The zero-order valence-electron chi connectivity index (χ0n) is 10.5. The fourth-order valence-corrected chi connectivity index (χ4v) is 1.43. The van der Waals surface area contributed by atoms with E-state index in [1.807, 2.05) is 0 Å². The van der Waals surface area contributed by atoms with Crippen molar-refractivity contribution in [2.75, 3.05) is 26.8 Å². The monoisotopic (exact) mass is 298 g/mol. The topological polar surface area (TPSA) is 68.7 Å². The molecule has 1 aromatic heterocycles. The molecule has 0 aliphatic carbocycles. The number of rotatable bonds is 7. The SMILES string of the molecule is COCCN(CC(F)F)C(=O)c1coc(CN)c1.Cl. The second-order valence-corrected chi connectivity index (χ2v) is 3.64. The van der Waals surface area contributed by atoms with Crippen LogP contribution < -0.4 is 5.73 Å². The molecule has 1 amide bonds. The summed E-state index contributed by atoms with van der Waals surface area (Å²) < 4.78 is 34.6. The highest BCUT2D eigenvalue weighted by Crippen LogP contribution is 2.11. The highest BCUT2D eigenvalue weighted by atomic mass is 35.5. The summed E-state index contributed by atoms with van der Waals surface area (Å²) in [5.74, 6) is -0.0853. The molecule has 0 unspecified atom stereocenters. The van der Waals surface area contributed by atoms with Gasteiger partial charge in [0.2, 0.25) is 0 Å². The molecular formula is C11H17ClF2N2O3. The Bertz CT molecular complexity index is 388. The Kier molecular flexibility index (Phi) is 8.29. The third kappa shape index (κ3) is 5.54. The molecule has 8 heteroatoms. The molecule has 0 aliphatic heterocycles. The quantitative estimate of drug-likeness (QED) is 0.828. The molecule has 110 valence electrons. The maximum atomic E-state index is 12.4. The van der Waals surface area contributed by atoms with Gasteiger partial charge in [-0.1, -0.05) is 0 Å². The molecule has 0 aliphatic rings. The van der Waals surface area contributed by atoms with Gasteiger partial charge in [-0.2, -0.15) is 0 Å². The van der Waals surface area contributed by atoms with E-state index in [9.17, 15) is 13.6 Å². The Morgan fingerprint density at radius 2 is 2.26 bits per heavy atom. The van der Waals surface area contributed by atoms with Crippen LogP contribution in [-0.2, 0) is 11.3 Å². The third-order valence-electron chi connectivity index (χ3n) is 2.31. The summed E-state index contributed by atoms with van der Waals surface area (Å²) in [4.78, 5) is 13.0. The van der Waals surface area contributed by atoms with Gasteiger partial charge in [0.05, 0.1) is 25.3 Å². The van der Waals surface area contributed by atoms with E-state index >= 15 is 0 Å². The number of halogens is 3. The first kappa shape index (κ1) is 17.8. The predicted molar refractivity (Wildman–Crippen MR) is 67.6 cm³/mol. The Balaban J connectivity index is 0.00000324. The summed E-state index contributed by atoms with van der Waals surface area (Å²) in [6.45, 7) is -0.186. The van der Waals surface area contributed by atoms with Gasteiger partial charge in [0.25, 0.3) is 12.3 Å². The number of furan rings is 1. The Morgan fingerprint density at radius 1 is 1.58 bits per heavy atom. The fraction of sp³-hybridized carbons (Fsp3) is 0.545. The minimum absolute atomic E-state index is 0. The first-order valence-corrected chi connectivity index (χ1v) is 5.42. The first-order valence-electron chi connectivity index (χ1n) is 5.42. The number of nitrogens with zero attached hydrogens (tertiary/aromatic N) is 1. The van der Waals surface area contributed by atoms with Gasteiger partial charge in [-0.05, 0) is 6.07 Å². The summed E-state index contributed by atoms with van der Waals surface area (Å²) in [7, 11) is 1.44. The van der Waals surface area contributed by atoms with Gasteiger partial charge >= 0.3 is 0 Å². The zero-order valence-corrected chi connectivity index (χ0v) is 11.3. The van der Waals surface area contributed by atoms with Gasteiger partial charge in [0, 0.05) is 13.7 Å². The van der Waals surface area contributed by atoms with Crippen molar-refractivity contribution in [1.82, 2.24) is 4.90 Å². The molecule has 19 heavy (non-hydrogen) atoms. The minimum atomic E-state index is -2.59. The maximum absolute atomic E-state index is 12.4. The van der Waals surface area contributed by atoms with E-state index in [1.165, 1.54) is 19.4 Å². The van der Waals surface area contributed by atoms with Crippen LogP contribution in [0, 0.1) is 0 Å². The van der Waals surface area contributed by atoms with Crippen molar-refractivity contribution >= 4 is 18.3 Å². The van der Waals surface area contributed by atoms with Crippen molar-refractivity contribution in [1.29, 1.82) is 0 Å². The van der Waals surface area contributed by atoms with E-state index in [4.69, 9.17) is 14.9 Å². The molecule has 0 radical (unpaired) electrons. The molecule has 0 saturated carbocycles. The third-order valence-corrected chi connectivity index (χ3v) is 2.31. The number of ether oxygens (including phenoxy) is 1. The fourth-order valence-electron chi connectivity index (χ4n) is 1.43. The molecule has 1 rings (SSSR count). The van der Waals surface area contributed by atoms with Crippen molar-refractivity contribution < 1.29 is 22.7 Å². The average Bonchev–Trinajstić information content (AvgIpc) is 2.81. The summed E-state index contributed by atoms with van der Waals surface area (Å²) >= 11 is 0. The van der Waals surface area contributed by atoms with Crippen molar-refractivity contribution in [2.24, 2.45) is 5.73 Å². The molecule has 1 aromatic rings. The first-order chi connectivity index (χ1) is 8.58. The van der Waals surface area contributed by atoms with Crippen molar-refractivity contribution in [3.8, 4) is 0 Å². The minimum Gasteiger partial charge on any atom is -0.467 e. The number of amides is 1. The lowest BCUT2D eigenvalue weighted by molar-refractivity contribution is 0.0477. The molecule has 2 N–H and O–H groups in total. The molecule has 5 nitrogen and oxygen atoms in total. The summed E-state index contributed by atoms with van der Waals surface area (Å²) in [5.41, 5.74) is 5.56. The average molecular weight is 299 g/mol. The number of hydrogen-bond donors (Lipinski definition) is 1. The summed E-state index contributed by atoms with van der Waals surface area (Å²) in [6, 6.07) is 1.45. The Hall–Kier alpha value is -1.18. The van der Waals surface area contributed by atoms with E-state index in [-0.39, 0.29) is 37.7 Å². The normalized spacial score (nSPS) is 10.4. The highest BCUT2D eigenvalue weighted by molar-refractivity contribution is 5.94. The van der Waals surface area contributed by atoms with Crippen LogP contribution in [0.15, 0.2) is 16.7 Å². The van der Waals surface area contributed by atoms with E-state index in [0.29, 0.717) is 5.76 Å². The van der Waals surface area contributed by atoms with E-state index in [1.54, 1.807) is 0 Å². The van der Waals surface area contributed by atoms with Crippen LogP contribution >= 0.6 is 12.4 Å². The van der Waals surface area contributed by atoms with Crippen LogP contribution in [0.2, 0.25) is 0 Å². The largest absolute Gasteiger partial charge is 0.467 e. The van der Waals surface area contributed by atoms with Gasteiger partial charge in [0.1, 0.15) is 12.0 Å². The lowest BCUT2D eigenvalue weighted by atomic mass is 10.2. The van der Waals surface area contributed by atoms with E-state index < -0.39 is 18.9 Å². The number of methoxy groups -OCH3 is 1. The number of carbonyl (C=O) groups is 1. The second-order valence-electron chi connectivity index (χ2n) is 3.64. The van der Waals surface area contributed by atoms with Crippen molar-refractivity contribution in [3.05, 3.63) is 23.7 Å². The van der Waals surface area contributed by atoms with Crippen LogP contribution in [0.5, 0.6) is 0 Å². The van der Waals surface area contributed by atoms with Crippen LogP contribution in [0.1, 0.15) is 16.1 Å². The predicted octanol–water partition coefficient (Wildman–Crippen LogP) is 1.51. The molecule has 1 heterocycles. The van der Waals surface area contributed by atoms with Crippen molar-refractivity contribution in [3.63, 3.8) is 0 Å². The standard InChI is InChI=1S/C11H16F2N2O3.ClH/c1-17-3-2-15(6-10(12)13)11(16)8-4-9(5-14)18-7-8;/h4,7,10H,2-3,5-6,14H2,1H3;1H. The van der Waals surface area contributed by atoms with Crippen molar-refractivity contribution in [2.45, 2.75) is 13.0 Å². The smallest absolute Gasteiger partial charge is 0.257 e. The van der Waals surface area contributed by atoms with Crippen LogP contribution in [0.25, 0.3) is 0 Å². The zero-order chi connectivity index (χ0) is 13.5. The van der Waals surface area contributed by atoms with Gasteiger partial charge in [-0.15, -0.1) is 12.4 Å². The molecule has 0 saturated heterocycles. The van der Waals surface area contributed by atoms with Crippen LogP contribution in [0.3, 0.4) is 0 Å². The number of hydrogen-bond acceptors (Lipinski definition) is 4. The highest BCUT2D eigenvalue weighted by Gasteiger charge is 2.21. The van der Waals surface area contributed by atoms with E-state index in [0.717, 1.165) is 4.90 Å². The molecular weight excluding hydrogens is 282 g/mol. The molecule has 0 fully saturated rings. The molecule has 0 atom stereocenters. The number of carbonyl (C=O) groups excluding carboxylic acids is 1. The van der Waals surface area contributed by atoms with Crippen LogP contribution in [-0.4, -0.2) is 44.0 Å². The Morgan fingerprint density at radius 3 is 2.74 bits per heavy atom. The second kappa shape index (κ2) is 8.84. The number of alkyl halides is 2. The molecule has 0 aromatic carbocycles. The summed E-state index contributed by atoms with van der Waals surface area (Å²) in [6.07, 6.45) is -1.37.